The lowest BCUT2D eigenvalue weighted by molar-refractivity contribution is -0.116. The first-order chi connectivity index (χ1) is 9.29. The van der Waals surface area contributed by atoms with Crippen LogP contribution in [0.5, 0.6) is 0 Å². The summed E-state index contributed by atoms with van der Waals surface area (Å²) in [6.45, 7) is 3.18. The Labute approximate surface area is 119 Å². The van der Waals surface area contributed by atoms with Crippen LogP contribution in [0.15, 0.2) is 29.2 Å². The van der Waals surface area contributed by atoms with Crippen molar-refractivity contribution in [3.63, 3.8) is 0 Å². The Kier molecular flexibility index (Phi) is 5.73. The maximum Gasteiger partial charge on any atom is 0.225 e. The molecule has 0 atom stereocenters. The molecule has 1 N–H and O–H groups in total. The zero-order valence-electron chi connectivity index (χ0n) is 11.5. The van der Waals surface area contributed by atoms with Gasteiger partial charge in [0.25, 0.3) is 0 Å². The van der Waals surface area contributed by atoms with E-state index in [1.165, 1.54) is 19.3 Å². The van der Waals surface area contributed by atoms with E-state index in [-0.39, 0.29) is 5.91 Å². The number of carbonyl (C=O) groups is 1. The summed E-state index contributed by atoms with van der Waals surface area (Å²) in [4.78, 5) is 15.5. The summed E-state index contributed by atoms with van der Waals surface area (Å²) in [7, 11) is 0. The zero-order chi connectivity index (χ0) is 13.5. The molecule has 0 aliphatic carbocycles. The standard InChI is InChI=1S/C15H22N2OS/c1-19-14-8-4-3-7-13(14)16-15(18)9-12-17-10-5-2-6-11-17/h3-4,7-8H,2,5-6,9-12H2,1H3,(H,16,18). The van der Waals surface area contributed by atoms with Gasteiger partial charge in [-0.05, 0) is 44.3 Å². The molecular formula is C15H22N2OS. The summed E-state index contributed by atoms with van der Waals surface area (Å²) >= 11 is 1.66. The van der Waals surface area contributed by atoms with Gasteiger partial charge in [0.2, 0.25) is 5.91 Å². The molecule has 4 heteroatoms. The average molecular weight is 278 g/mol. The van der Waals surface area contributed by atoms with Crippen molar-refractivity contribution >= 4 is 23.4 Å². The van der Waals surface area contributed by atoms with Crippen molar-refractivity contribution in [1.82, 2.24) is 4.90 Å². The molecule has 104 valence electrons. The Bertz CT molecular complexity index is 416. The van der Waals surface area contributed by atoms with Crippen LogP contribution in [0.3, 0.4) is 0 Å². The number of hydrogen-bond acceptors (Lipinski definition) is 3. The van der Waals surface area contributed by atoms with Gasteiger partial charge in [0.15, 0.2) is 0 Å². The molecule has 1 saturated heterocycles. The zero-order valence-corrected chi connectivity index (χ0v) is 12.3. The fraction of sp³-hybridized carbons (Fsp3) is 0.533. The van der Waals surface area contributed by atoms with Gasteiger partial charge in [0, 0.05) is 17.9 Å². The number of nitrogens with zero attached hydrogens (tertiary/aromatic N) is 1. The van der Waals surface area contributed by atoms with Crippen LogP contribution in [0, 0.1) is 0 Å². The monoisotopic (exact) mass is 278 g/mol. The number of piperidine rings is 1. The number of amides is 1. The van der Waals surface area contributed by atoms with Crippen molar-refractivity contribution in [2.45, 2.75) is 30.6 Å². The molecule has 1 heterocycles. The van der Waals surface area contributed by atoms with Gasteiger partial charge in [-0.1, -0.05) is 18.6 Å². The van der Waals surface area contributed by atoms with E-state index in [1.807, 2.05) is 30.5 Å². The van der Waals surface area contributed by atoms with Gasteiger partial charge in [-0.2, -0.15) is 0 Å². The van der Waals surface area contributed by atoms with Gasteiger partial charge in [-0.25, -0.2) is 0 Å². The van der Waals surface area contributed by atoms with Crippen molar-refractivity contribution in [3.8, 4) is 0 Å². The molecule has 1 aliphatic heterocycles. The van der Waals surface area contributed by atoms with Gasteiger partial charge in [-0.3, -0.25) is 4.79 Å². The first kappa shape index (κ1) is 14.4. The fourth-order valence-electron chi connectivity index (χ4n) is 2.40. The van der Waals surface area contributed by atoms with Gasteiger partial charge in [0.05, 0.1) is 5.69 Å². The van der Waals surface area contributed by atoms with Crippen molar-refractivity contribution < 1.29 is 4.79 Å². The SMILES string of the molecule is CSc1ccccc1NC(=O)CCN1CCCCC1. The average Bonchev–Trinajstić information content (AvgIpc) is 2.47. The van der Waals surface area contributed by atoms with E-state index < -0.39 is 0 Å². The lowest BCUT2D eigenvalue weighted by Crippen LogP contribution is -2.32. The normalized spacial score (nSPS) is 16.3. The summed E-state index contributed by atoms with van der Waals surface area (Å²) < 4.78 is 0. The summed E-state index contributed by atoms with van der Waals surface area (Å²) in [6, 6.07) is 7.95. The van der Waals surface area contributed by atoms with Crippen molar-refractivity contribution in [2.75, 3.05) is 31.2 Å². The molecule has 1 fully saturated rings. The molecule has 19 heavy (non-hydrogen) atoms. The Hall–Kier alpha value is -1.00. The number of likely N-dealkylation sites (tertiary alicyclic amines) is 1. The molecule has 0 bridgehead atoms. The highest BCUT2D eigenvalue weighted by molar-refractivity contribution is 7.98. The molecule has 1 aromatic carbocycles. The molecule has 1 aliphatic rings. The molecule has 0 saturated carbocycles. The first-order valence-corrected chi connectivity index (χ1v) is 8.17. The van der Waals surface area contributed by atoms with Crippen LogP contribution in [0.2, 0.25) is 0 Å². The minimum absolute atomic E-state index is 0.118. The predicted octanol–water partition coefficient (Wildman–Crippen LogP) is 3.22. The second-order valence-corrected chi connectivity index (χ2v) is 5.75. The van der Waals surface area contributed by atoms with Gasteiger partial charge in [-0.15, -0.1) is 11.8 Å². The Morgan fingerprint density at radius 2 is 2.00 bits per heavy atom. The largest absolute Gasteiger partial charge is 0.325 e. The second kappa shape index (κ2) is 7.56. The topological polar surface area (TPSA) is 32.3 Å². The van der Waals surface area contributed by atoms with Crippen LogP contribution in [-0.2, 0) is 4.79 Å². The van der Waals surface area contributed by atoms with Gasteiger partial charge < -0.3 is 10.2 Å². The number of anilines is 1. The van der Waals surface area contributed by atoms with Crippen LogP contribution < -0.4 is 5.32 Å². The highest BCUT2D eigenvalue weighted by Gasteiger charge is 2.12. The Morgan fingerprint density at radius 1 is 1.26 bits per heavy atom. The maximum atomic E-state index is 12.0. The lowest BCUT2D eigenvalue weighted by Gasteiger charge is -2.26. The second-order valence-electron chi connectivity index (χ2n) is 4.90. The molecule has 0 aromatic heterocycles. The third-order valence-corrected chi connectivity index (χ3v) is 4.28. The molecule has 3 nitrogen and oxygen atoms in total. The van der Waals surface area contributed by atoms with Crippen molar-refractivity contribution in [1.29, 1.82) is 0 Å². The van der Waals surface area contributed by atoms with E-state index in [0.29, 0.717) is 6.42 Å². The molecule has 0 unspecified atom stereocenters. The fourth-order valence-corrected chi connectivity index (χ4v) is 2.96. The number of thioether (sulfide) groups is 1. The summed E-state index contributed by atoms with van der Waals surface area (Å²) in [5.41, 5.74) is 0.929. The highest BCUT2D eigenvalue weighted by Crippen LogP contribution is 2.24. The number of hydrogen-bond donors (Lipinski definition) is 1. The van der Waals surface area contributed by atoms with Crippen molar-refractivity contribution in [2.24, 2.45) is 0 Å². The van der Waals surface area contributed by atoms with Crippen LogP contribution >= 0.6 is 11.8 Å². The van der Waals surface area contributed by atoms with E-state index >= 15 is 0 Å². The number of rotatable bonds is 5. The predicted molar refractivity (Wildman–Crippen MR) is 81.8 cm³/mol. The molecular weight excluding hydrogens is 256 g/mol. The number of para-hydroxylation sites is 1. The number of carbonyl (C=O) groups excluding carboxylic acids is 1. The quantitative estimate of drug-likeness (QED) is 0.839. The maximum absolute atomic E-state index is 12.0. The Morgan fingerprint density at radius 3 is 2.74 bits per heavy atom. The van der Waals surface area contributed by atoms with E-state index in [1.54, 1.807) is 11.8 Å². The van der Waals surface area contributed by atoms with E-state index in [4.69, 9.17) is 0 Å². The summed E-state index contributed by atoms with van der Waals surface area (Å²) in [5, 5.41) is 3.01. The minimum Gasteiger partial charge on any atom is -0.325 e. The van der Waals surface area contributed by atoms with Crippen molar-refractivity contribution in [3.05, 3.63) is 24.3 Å². The Balaban J connectivity index is 1.80. The minimum atomic E-state index is 0.118. The first-order valence-electron chi connectivity index (χ1n) is 6.95. The van der Waals surface area contributed by atoms with E-state index in [2.05, 4.69) is 10.2 Å². The van der Waals surface area contributed by atoms with Gasteiger partial charge >= 0.3 is 0 Å². The number of benzene rings is 1. The van der Waals surface area contributed by atoms with Crippen LogP contribution in [0.4, 0.5) is 5.69 Å². The van der Waals surface area contributed by atoms with Crippen LogP contribution in [0.1, 0.15) is 25.7 Å². The summed E-state index contributed by atoms with van der Waals surface area (Å²) in [6.07, 6.45) is 6.50. The molecule has 1 aromatic rings. The van der Waals surface area contributed by atoms with Gasteiger partial charge in [0.1, 0.15) is 0 Å². The molecule has 2 rings (SSSR count). The lowest BCUT2D eigenvalue weighted by atomic mass is 10.1. The molecule has 1 amide bonds. The smallest absolute Gasteiger partial charge is 0.225 e. The molecule has 0 spiro atoms. The van der Waals surface area contributed by atoms with Crippen LogP contribution in [-0.4, -0.2) is 36.7 Å². The summed E-state index contributed by atoms with van der Waals surface area (Å²) in [5.74, 6) is 0.118. The van der Waals surface area contributed by atoms with E-state index in [0.717, 1.165) is 30.2 Å². The number of nitrogens with one attached hydrogen (secondary N) is 1. The van der Waals surface area contributed by atoms with E-state index in [9.17, 15) is 4.79 Å². The highest BCUT2D eigenvalue weighted by atomic mass is 32.2. The third kappa shape index (κ3) is 4.55. The third-order valence-electron chi connectivity index (χ3n) is 3.48. The van der Waals surface area contributed by atoms with Crippen LogP contribution in [0.25, 0.3) is 0 Å². The molecule has 0 radical (unpaired) electrons.